The van der Waals surface area contributed by atoms with Gasteiger partial charge in [-0.1, -0.05) is 48.0 Å². The molecule has 182 valence electrons. The summed E-state index contributed by atoms with van der Waals surface area (Å²) in [7, 11) is 2.24. The number of hydrogen-bond donors (Lipinski definition) is 1. The molecule has 1 amide bonds. The van der Waals surface area contributed by atoms with E-state index in [1.165, 1.54) is 11.1 Å². The topological polar surface area (TPSA) is 48.5 Å². The Morgan fingerprint density at radius 3 is 2.46 bits per heavy atom. The number of halogens is 1. The number of hydrogen-bond acceptors (Lipinski definition) is 4. The first-order chi connectivity index (χ1) is 17.0. The van der Waals surface area contributed by atoms with Crippen LogP contribution in [0.4, 0.5) is 0 Å². The molecule has 1 spiro atoms. The van der Waals surface area contributed by atoms with Crippen LogP contribution in [0.3, 0.4) is 0 Å². The molecule has 2 aliphatic rings. The number of carbonyl (C=O) groups is 1. The third-order valence-electron chi connectivity index (χ3n) is 7.82. The highest BCUT2D eigenvalue weighted by atomic mass is 35.5. The molecule has 1 saturated heterocycles. The van der Waals surface area contributed by atoms with Crippen LogP contribution in [0.15, 0.2) is 73.1 Å². The monoisotopic (exact) mass is 488 g/mol. The molecule has 5 nitrogen and oxygen atoms in total. The quantitative estimate of drug-likeness (QED) is 0.557. The van der Waals surface area contributed by atoms with Gasteiger partial charge in [-0.3, -0.25) is 14.7 Å². The molecule has 3 heterocycles. The number of aromatic nitrogens is 1. The molecule has 0 radical (unpaired) electrons. The van der Waals surface area contributed by atoms with Crippen molar-refractivity contribution < 1.29 is 4.79 Å². The number of likely N-dealkylation sites (N-methyl/N-ethyl adjacent to an activating group) is 1. The number of carbonyl (C=O) groups excluding carboxylic acids is 1. The summed E-state index contributed by atoms with van der Waals surface area (Å²) in [4.78, 5) is 22.5. The van der Waals surface area contributed by atoms with Crippen molar-refractivity contribution in [1.29, 1.82) is 0 Å². The van der Waals surface area contributed by atoms with Gasteiger partial charge in [-0.2, -0.15) is 0 Å². The molecule has 6 heteroatoms. The summed E-state index contributed by atoms with van der Waals surface area (Å²) in [5, 5.41) is 4.24. The van der Waals surface area contributed by atoms with Crippen molar-refractivity contribution in [2.45, 2.75) is 43.8 Å². The van der Waals surface area contributed by atoms with Gasteiger partial charge in [0.1, 0.15) is 0 Å². The Balaban J connectivity index is 1.31. The zero-order chi connectivity index (χ0) is 24.3. The summed E-state index contributed by atoms with van der Waals surface area (Å²) in [5.74, 6) is 0.176. The van der Waals surface area contributed by atoms with Gasteiger partial charge in [-0.25, -0.2) is 0 Å². The van der Waals surface area contributed by atoms with Crippen LogP contribution in [-0.4, -0.2) is 53.4 Å². The molecular formula is C29H33ClN4O. The first kappa shape index (κ1) is 24.0. The molecule has 1 N–H and O–H groups in total. The first-order valence-electron chi connectivity index (χ1n) is 12.5. The number of rotatable bonds is 6. The zero-order valence-electron chi connectivity index (χ0n) is 20.3. The smallest absolute Gasteiger partial charge is 0.240 e. The normalized spacial score (nSPS) is 18.3. The van der Waals surface area contributed by atoms with Crippen molar-refractivity contribution in [3.63, 3.8) is 0 Å². The van der Waals surface area contributed by atoms with Crippen molar-refractivity contribution in [3.8, 4) is 0 Å². The Bertz CT molecular complexity index is 1140. The number of fused-ring (bicyclic) bond motifs is 2. The van der Waals surface area contributed by atoms with Crippen molar-refractivity contribution in [2.24, 2.45) is 0 Å². The van der Waals surface area contributed by atoms with Crippen molar-refractivity contribution >= 4 is 17.5 Å². The van der Waals surface area contributed by atoms with Crippen LogP contribution in [0.1, 0.15) is 35.1 Å². The van der Waals surface area contributed by atoms with E-state index in [0.717, 1.165) is 50.0 Å². The summed E-state index contributed by atoms with van der Waals surface area (Å²) in [6, 6.07) is 20.3. The van der Waals surface area contributed by atoms with E-state index in [2.05, 4.69) is 51.4 Å². The number of nitrogens with one attached hydrogen (secondary N) is 1. The number of benzene rings is 2. The second kappa shape index (κ2) is 10.5. The van der Waals surface area contributed by atoms with Gasteiger partial charge in [-0.15, -0.1) is 0 Å². The maximum Gasteiger partial charge on any atom is 0.240 e. The van der Waals surface area contributed by atoms with E-state index in [1.807, 2.05) is 36.4 Å². The highest BCUT2D eigenvalue weighted by Crippen LogP contribution is 2.42. The lowest BCUT2D eigenvalue weighted by molar-refractivity contribution is -0.136. The minimum atomic E-state index is -0.297. The summed E-state index contributed by atoms with van der Waals surface area (Å²) in [5.41, 5.74) is 5.16. The molecule has 2 aromatic carbocycles. The van der Waals surface area contributed by atoms with Crippen LogP contribution in [0, 0.1) is 0 Å². The SMILES string of the molecule is CN1CCc2ccccc2C12CCN(C(=O)[C@@H](Cc1ccc(Cl)cc1)NCc1ccncc1)CC2. The molecule has 3 aromatic rings. The van der Waals surface area contributed by atoms with Crippen LogP contribution in [0.25, 0.3) is 0 Å². The molecule has 0 unspecified atom stereocenters. The lowest BCUT2D eigenvalue weighted by Gasteiger charge is -2.51. The Morgan fingerprint density at radius 2 is 1.71 bits per heavy atom. The van der Waals surface area contributed by atoms with E-state index in [0.29, 0.717) is 18.0 Å². The Morgan fingerprint density at radius 1 is 1.00 bits per heavy atom. The number of piperidine rings is 1. The highest BCUT2D eigenvalue weighted by Gasteiger charge is 2.44. The van der Waals surface area contributed by atoms with Gasteiger partial charge in [0.05, 0.1) is 6.04 Å². The predicted octanol–water partition coefficient (Wildman–Crippen LogP) is 4.44. The van der Waals surface area contributed by atoms with E-state index < -0.39 is 0 Å². The molecule has 0 aliphatic carbocycles. The van der Waals surface area contributed by atoms with E-state index in [9.17, 15) is 4.79 Å². The maximum absolute atomic E-state index is 13.8. The Kier molecular flexibility index (Phi) is 7.19. The lowest BCUT2D eigenvalue weighted by Crippen LogP contribution is -2.57. The van der Waals surface area contributed by atoms with E-state index in [-0.39, 0.29) is 17.5 Å². The Labute approximate surface area is 213 Å². The predicted molar refractivity (Wildman–Crippen MR) is 140 cm³/mol. The molecular weight excluding hydrogens is 456 g/mol. The highest BCUT2D eigenvalue weighted by molar-refractivity contribution is 6.30. The number of pyridine rings is 1. The van der Waals surface area contributed by atoms with Crippen LogP contribution in [0.2, 0.25) is 5.02 Å². The van der Waals surface area contributed by atoms with E-state index >= 15 is 0 Å². The molecule has 35 heavy (non-hydrogen) atoms. The number of amides is 1. The number of likely N-dealkylation sites (tertiary alicyclic amines) is 1. The van der Waals surface area contributed by atoms with Gasteiger partial charge in [0.15, 0.2) is 0 Å². The van der Waals surface area contributed by atoms with Gasteiger partial charge in [0, 0.05) is 49.1 Å². The third kappa shape index (κ3) is 5.13. The van der Waals surface area contributed by atoms with Gasteiger partial charge in [-0.05, 0) is 79.3 Å². The average Bonchev–Trinajstić information content (AvgIpc) is 2.91. The minimum Gasteiger partial charge on any atom is -0.341 e. The number of nitrogens with zero attached hydrogens (tertiary/aromatic N) is 3. The fraction of sp³-hybridized carbons (Fsp3) is 0.379. The summed E-state index contributed by atoms with van der Waals surface area (Å²) >= 11 is 6.09. The average molecular weight is 489 g/mol. The molecule has 1 atom stereocenters. The molecule has 2 aliphatic heterocycles. The van der Waals surface area contributed by atoms with Gasteiger partial charge in [0.2, 0.25) is 5.91 Å². The van der Waals surface area contributed by atoms with Crippen LogP contribution >= 0.6 is 11.6 Å². The molecule has 5 rings (SSSR count). The van der Waals surface area contributed by atoms with Crippen LogP contribution in [-0.2, 0) is 29.7 Å². The standard InChI is InChI=1S/C29H33ClN4O/c1-33-17-12-24-4-2-3-5-26(24)29(33)13-18-34(19-14-29)28(35)27(20-22-6-8-25(30)9-7-22)32-21-23-10-15-31-16-11-23/h2-11,15-16,27,32H,12-14,17-21H2,1H3/t27-/m1/s1. The maximum atomic E-state index is 13.8. The van der Waals surface area contributed by atoms with Crippen molar-refractivity contribution in [3.05, 3.63) is 100 Å². The third-order valence-corrected chi connectivity index (χ3v) is 8.07. The zero-order valence-corrected chi connectivity index (χ0v) is 21.0. The van der Waals surface area contributed by atoms with Crippen molar-refractivity contribution in [1.82, 2.24) is 20.1 Å². The van der Waals surface area contributed by atoms with Crippen molar-refractivity contribution in [2.75, 3.05) is 26.7 Å². The van der Waals surface area contributed by atoms with E-state index in [4.69, 9.17) is 11.6 Å². The molecule has 1 fully saturated rings. The molecule has 0 saturated carbocycles. The fourth-order valence-electron chi connectivity index (χ4n) is 5.71. The second-order valence-corrected chi connectivity index (χ2v) is 10.2. The summed E-state index contributed by atoms with van der Waals surface area (Å²) in [6.45, 7) is 3.23. The fourth-order valence-corrected chi connectivity index (χ4v) is 5.84. The second-order valence-electron chi connectivity index (χ2n) is 9.81. The van der Waals surface area contributed by atoms with E-state index in [1.54, 1.807) is 12.4 Å². The van der Waals surface area contributed by atoms with Gasteiger partial charge >= 0.3 is 0 Å². The van der Waals surface area contributed by atoms with Gasteiger partial charge < -0.3 is 10.2 Å². The van der Waals surface area contributed by atoms with Crippen LogP contribution < -0.4 is 5.32 Å². The summed E-state index contributed by atoms with van der Waals surface area (Å²) in [6.07, 6.45) is 7.23. The molecule has 0 bridgehead atoms. The van der Waals surface area contributed by atoms with Gasteiger partial charge in [0.25, 0.3) is 0 Å². The summed E-state index contributed by atoms with van der Waals surface area (Å²) < 4.78 is 0. The minimum absolute atomic E-state index is 0.0295. The largest absolute Gasteiger partial charge is 0.341 e. The lowest BCUT2D eigenvalue weighted by atomic mass is 9.74. The molecule has 1 aromatic heterocycles. The Hall–Kier alpha value is -2.73. The first-order valence-corrected chi connectivity index (χ1v) is 12.9. The van der Waals surface area contributed by atoms with Crippen LogP contribution in [0.5, 0.6) is 0 Å².